The lowest BCUT2D eigenvalue weighted by atomic mass is 10.6. The number of alkyl carbamates (subject to hydrolysis) is 1. The highest BCUT2D eigenvalue weighted by Crippen LogP contribution is 1.96. The number of amides is 1. The highest BCUT2D eigenvalue weighted by molar-refractivity contribution is 5.66. The molecule has 0 aromatic rings. The van der Waals surface area contributed by atoms with E-state index >= 15 is 0 Å². The van der Waals surface area contributed by atoms with Crippen molar-refractivity contribution < 1.29 is 199 Å². The fourth-order valence-electron chi connectivity index (χ4n) is 8.87. The van der Waals surface area contributed by atoms with E-state index in [-0.39, 0.29) is 6.61 Å². The van der Waals surface area contributed by atoms with Gasteiger partial charge in [-0.3, -0.25) is 0 Å². The molecule has 0 rings (SSSR count). The van der Waals surface area contributed by atoms with E-state index in [1.807, 2.05) is 0 Å². The van der Waals surface area contributed by atoms with Crippen molar-refractivity contribution in [2.45, 2.75) is 0 Å². The SMILES string of the molecule is CNC(=O)OCCOCCOCCOCCOCCOCCOCCOCCOCCOCCOCCOCCOCCOCCOCCOCCOCCOCCOCCOCCOCCOCCOCCOCCOCCOCCOCCOCCOCCOCCOCCOCCOCCOCCOCCOCCOCCOCCOCCOCCOC. The first-order valence-electron chi connectivity index (χ1n) is 44.7. The largest absolute Gasteiger partial charge is 0.447 e. The van der Waals surface area contributed by atoms with Crippen molar-refractivity contribution in [1.29, 1.82) is 0 Å². The first-order valence-corrected chi connectivity index (χ1v) is 44.7. The minimum absolute atomic E-state index is 0.195. The van der Waals surface area contributed by atoms with E-state index in [4.69, 9.17) is 194 Å². The Kier molecular flexibility index (Phi) is 118. The van der Waals surface area contributed by atoms with Gasteiger partial charge in [-0.1, -0.05) is 0 Å². The zero-order chi connectivity index (χ0) is 89.8. The molecule has 0 aliphatic heterocycles. The van der Waals surface area contributed by atoms with Crippen molar-refractivity contribution >= 4 is 6.09 Å². The van der Waals surface area contributed by atoms with Crippen molar-refractivity contribution in [2.75, 3.05) is 543 Å². The molecule has 0 aromatic carbocycles. The van der Waals surface area contributed by atoms with Gasteiger partial charge in [0.05, 0.1) is 522 Å². The number of rotatable bonds is 120. The molecule has 756 valence electrons. The van der Waals surface area contributed by atoms with Gasteiger partial charge in [0.1, 0.15) is 6.61 Å². The van der Waals surface area contributed by atoms with Crippen molar-refractivity contribution in [3.05, 3.63) is 0 Å². The summed E-state index contributed by atoms with van der Waals surface area (Å²) in [5.74, 6) is 0. The maximum absolute atomic E-state index is 10.9. The lowest BCUT2D eigenvalue weighted by molar-refractivity contribution is -0.0328. The van der Waals surface area contributed by atoms with Crippen LogP contribution in [0.3, 0.4) is 0 Å². The van der Waals surface area contributed by atoms with Crippen LogP contribution >= 0.6 is 0 Å². The summed E-state index contributed by atoms with van der Waals surface area (Å²) >= 11 is 0. The molecule has 43 heteroatoms. The van der Waals surface area contributed by atoms with Gasteiger partial charge in [0.2, 0.25) is 0 Å². The Balaban J connectivity index is 3.10. The molecule has 0 heterocycles. The predicted molar refractivity (Wildman–Crippen MR) is 454 cm³/mol. The van der Waals surface area contributed by atoms with E-state index in [0.29, 0.717) is 522 Å². The Morgan fingerprint density at radius 3 is 0.246 bits per heavy atom. The second-order valence-corrected chi connectivity index (χ2v) is 25.3. The number of hydrogen-bond donors (Lipinski definition) is 1. The molecular formula is C83H167NO42. The highest BCUT2D eigenvalue weighted by atomic mass is 16.6. The number of carbonyl (C=O) groups excluding carboxylic acids is 1. The number of ether oxygens (including phenoxy) is 41. The summed E-state index contributed by atoms with van der Waals surface area (Å²) in [5, 5.41) is 2.36. The second-order valence-electron chi connectivity index (χ2n) is 25.3. The molecule has 0 aromatic heterocycles. The first kappa shape index (κ1) is 124. The lowest BCUT2D eigenvalue weighted by Gasteiger charge is -2.09. The van der Waals surface area contributed by atoms with Gasteiger partial charge in [-0.05, 0) is 0 Å². The Labute approximate surface area is 750 Å². The van der Waals surface area contributed by atoms with Crippen LogP contribution in [0.25, 0.3) is 0 Å². The van der Waals surface area contributed by atoms with Crippen LogP contribution in [0.1, 0.15) is 0 Å². The smallest absolute Gasteiger partial charge is 0.406 e. The summed E-state index contributed by atoms with van der Waals surface area (Å²) in [6.45, 7) is 38.1. The van der Waals surface area contributed by atoms with Gasteiger partial charge < -0.3 is 200 Å². The summed E-state index contributed by atoms with van der Waals surface area (Å²) in [5.41, 5.74) is 0. The molecule has 1 amide bonds. The van der Waals surface area contributed by atoms with Crippen LogP contribution in [-0.2, 0) is 194 Å². The monoisotopic (exact) mass is 1850 g/mol. The van der Waals surface area contributed by atoms with Gasteiger partial charge in [-0.25, -0.2) is 4.79 Å². The van der Waals surface area contributed by atoms with Crippen LogP contribution in [0.4, 0.5) is 4.79 Å². The van der Waals surface area contributed by atoms with Crippen molar-refractivity contribution in [3.63, 3.8) is 0 Å². The maximum Gasteiger partial charge on any atom is 0.406 e. The van der Waals surface area contributed by atoms with Gasteiger partial charge in [0.25, 0.3) is 0 Å². The number of nitrogens with one attached hydrogen (secondary N) is 1. The first-order chi connectivity index (χ1) is 62.8. The van der Waals surface area contributed by atoms with Crippen LogP contribution in [0.5, 0.6) is 0 Å². The second kappa shape index (κ2) is 121. The summed E-state index contributed by atoms with van der Waals surface area (Å²) in [4.78, 5) is 10.9. The molecular weight excluding hydrogens is 1680 g/mol. The van der Waals surface area contributed by atoms with Crippen molar-refractivity contribution in [3.8, 4) is 0 Å². The normalized spacial score (nSPS) is 11.8. The van der Waals surface area contributed by atoms with Gasteiger partial charge >= 0.3 is 6.09 Å². The van der Waals surface area contributed by atoms with Crippen LogP contribution in [-0.4, -0.2) is 549 Å². The van der Waals surface area contributed by atoms with Gasteiger partial charge in [0.15, 0.2) is 0 Å². The molecule has 1 N–H and O–H groups in total. The molecule has 0 fully saturated rings. The van der Waals surface area contributed by atoms with Crippen molar-refractivity contribution in [2.24, 2.45) is 0 Å². The van der Waals surface area contributed by atoms with E-state index in [9.17, 15) is 4.79 Å². The van der Waals surface area contributed by atoms with Gasteiger partial charge in [0, 0.05) is 14.2 Å². The fourth-order valence-corrected chi connectivity index (χ4v) is 8.87. The highest BCUT2D eigenvalue weighted by Gasteiger charge is 2.06. The zero-order valence-electron chi connectivity index (χ0n) is 76.7. The van der Waals surface area contributed by atoms with Crippen molar-refractivity contribution in [1.82, 2.24) is 5.32 Å². The molecule has 0 radical (unpaired) electrons. The molecule has 0 unspecified atom stereocenters. The summed E-state index contributed by atoms with van der Waals surface area (Å²) in [7, 11) is 3.14. The predicted octanol–water partition coefficient (Wildman–Crippen LogP) is 0.636. The third-order valence-corrected chi connectivity index (χ3v) is 15.2. The molecule has 0 saturated carbocycles. The average Bonchev–Trinajstić information content (AvgIpc) is 1.07. The number of hydrogen-bond acceptors (Lipinski definition) is 42. The fraction of sp³-hybridized carbons (Fsp3) is 0.988. The number of methoxy groups -OCH3 is 1. The average molecular weight is 1850 g/mol. The van der Waals surface area contributed by atoms with E-state index < -0.39 is 6.09 Å². The van der Waals surface area contributed by atoms with E-state index in [0.717, 1.165) is 0 Å². The van der Waals surface area contributed by atoms with E-state index in [1.165, 1.54) is 7.05 Å². The number of carbonyl (C=O) groups is 1. The molecule has 0 bridgehead atoms. The molecule has 43 nitrogen and oxygen atoms in total. The van der Waals surface area contributed by atoms with Gasteiger partial charge in [-0.2, -0.15) is 0 Å². The summed E-state index contributed by atoms with van der Waals surface area (Å²) in [6, 6.07) is 0. The third-order valence-electron chi connectivity index (χ3n) is 15.2. The Bertz CT molecular complexity index is 1810. The van der Waals surface area contributed by atoms with Gasteiger partial charge in [-0.15, -0.1) is 0 Å². The quantitative estimate of drug-likeness (QED) is 0.0816. The molecule has 0 saturated heterocycles. The summed E-state index contributed by atoms with van der Waals surface area (Å²) < 4.78 is 225. The molecule has 0 atom stereocenters. The zero-order valence-corrected chi connectivity index (χ0v) is 76.7. The molecule has 126 heavy (non-hydrogen) atoms. The van der Waals surface area contributed by atoms with Crippen LogP contribution in [0, 0.1) is 0 Å². The standard InChI is InChI=1S/C83H167NO42/c1-84-83(85)126-82-81-125-80-79-124-78-77-123-76-75-122-74-73-121-72-71-120-70-69-119-68-67-118-66-65-117-64-63-116-62-61-115-60-59-114-58-57-113-56-55-112-54-53-111-52-51-110-50-49-109-48-47-108-46-45-107-44-43-106-42-41-105-40-39-104-38-37-103-36-35-102-34-33-101-32-31-100-30-29-99-28-27-98-26-25-97-24-23-96-22-21-95-20-19-94-18-17-93-16-15-92-14-13-91-12-11-90-10-9-89-8-7-88-6-5-87-4-3-86-2/h3-82H2,1-2H3,(H,84,85). The lowest BCUT2D eigenvalue weighted by Crippen LogP contribution is -2.21. The molecule has 0 spiro atoms. The molecule has 0 aliphatic carbocycles. The van der Waals surface area contributed by atoms with E-state index in [1.54, 1.807) is 7.11 Å². The molecule has 0 aliphatic rings. The Hall–Kier alpha value is -2.33. The third kappa shape index (κ3) is 120. The topological polar surface area (TPSA) is 408 Å². The minimum atomic E-state index is -0.481. The Morgan fingerprint density at radius 1 is 0.119 bits per heavy atom. The minimum Gasteiger partial charge on any atom is -0.447 e. The van der Waals surface area contributed by atoms with E-state index in [2.05, 4.69) is 5.32 Å². The van der Waals surface area contributed by atoms with Crippen LogP contribution in [0.2, 0.25) is 0 Å². The maximum atomic E-state index is 10.9. The van der Waals surface area contributed by atoms with Crippen LogP contribution < -0.4 is 5.32 Å². The van der Waals surface area contributed by atoms with Crippen LogP contribution in [0.15, 0.2) is 0 Å². The summed E-state index contributed by atoms with van der Waals surface area (Å²) in [6.07, 6.45) is -0.481. The Morgan fingerprint density at radius 2 is 0.183 bits per heavy atom.